The van der Waals surface area contributed by atoms with Crippen LogP contribution in [0.3, 0.4) is 0 Å². The predicted octanol–water partition coefficient (Wildman–Crippen LogP) is 6.12. The van der Waals surface area contributed by atoms with Crippen LogP contribution in [0.4, 0.5) is 5.69 Å². The van der Waals surface area contributed by atoms with E-state index in [1.165, 1.54) is 27.8 Å². The van der Waals surface area contributed by atoms with E-state index in [9.17, 15) is 4.79 Å². The number of benzene rings is 2. The molecule has 2 aromatic carbocycles. The summed E-state index contributed by atoms with van der Waals surface area (Å²) >= 11 is 0. The molecule has 144 valence electrons. The van der Waals surface area contributed by atoms with Gasteiger partial charge in [0.25, 0.3) is 0 Å². The molecule has 0 bridgehead atoms. The van der Waals surface area contributed by atoms with E-state index in [2.05, 4.69) is 82.8 Å². The highest BCUT2D eigenvalue weighted by Gasteiger charge is 2.54. The van der Waals surface area contributed by atoms with Crippen LogP contribution in [-0.4, -0.2) is 13.0 Å². The number of anilines is 1. The summed E-state index contributed by atoms with van der Waals surface area (Å²) in [6.07, 6.45) is 2.88. The monoisotopic (exact) mass is 371 g/mol. The van der Waals surface area contributed by atoms with Crippen LogP contribution >= 0.6 is 0 Å². The van der Waals surface area contributed by atoms with Gasteiger partial charge in [0.2, 0.25) is 5.91 Å². The molecule has 2 aromatic rings. The number of nitrogens with zero attached hydrogens (tertiary/aromatic N) is 1. The maximum Gasteiger partial charge on any atom is 0.237 e. The average molecular weight is 372 g/mol. The first kappa shape index (κ1) is 18.7. The second-order valence-electron chi connectivity index (χ2n) is 9.25. The zero-order chi connectivity index (χ0) is 20.3. The topological polar surface area (TPSA) is 20.3 Å². The largest absolute Gasteiger partial charge is 0.314 e. The molecule has 0 aromatic heterocycles. The summed E-state index contributed by atoms with van der Waals surface area (Å²) in [7, 11) is 1.90. The summed E-state index contributed by atoms with van der Waals surface area (Å²) in [4.78, 5) is 15.5. The molecule has 2 aliphatic rings. The number of allylic oxidation sites excluding steroid dienone is 2. The van der Waals surface area contributed by atoms with Crippen molar-refractivity contribution in [3.05, 3.63) is 77.9 Å². The van der Waals surface area contributed by atoms with E-state index in [1.807, 2.05) is 18.0 Å². The molecule has 0 radical (unpaired) electrons. The molecular formula is C26H29NO. The van der Waals surface area contributed by atoms with Crippen molar-refractivity contribution in [2.45, 2.75) is 34.1 Å². The van der Waals surface area contributed by atoms with Crippen LogP contribution in [0.1, 0.15) is 43.9 Å². The quantitative estimate of drug-likeness (QED) is 0.582. The Morgan fingerprint density at radius 1 is 1.07 bits per heavy atom. The van der Waals surface area contributed by atoms with Crippen molar-refractivity contribution in [2.24, 2.45) is 16.7 Å². The standard InChI is InChI=1S/C26H29NO/c1-7-20-22(18-14-12-17(2)13-15-18)23-19-10-8-9-11-21(19)27(6)24(28)26(23,5)16-25(20,3)4/h7-15,20H,1,16H2,2-6H3. The van der Waals surface area contributed by atoms with Gasteiger partial charge in [0.05, 0.1) is 11.1 Å². The van der Waals surface area contributed by atoms with Crippen molar-refractivity contribution in [1.82, 2.24) is 0 Å². The van der Waals surface area contributed by atoms with E-state index in [4.69, 9.17) is 0 Å². The molecule has 2 atom stereocenters. The lowest BCUT2D eigenvalue weighted by atomic mass is 9.53. The van der Waals surface area contributed by atoms with Crippen molar-refractivity contribution in [3.8, 4) is 0 Å². The molecule has 0 spiro atoms. The zero-order valence-electron chi connectivity index (χ0n) is 17.5. The van der Waals surface area contributed by atoms with E-state index >= 15 is 0 Å². The number of rotatable bonds is 2. The Bertz CT molecular complexity index is 995. The summed E-state index contributed by atoms with van der Waals surface area (Å²) < 4.78 is 0. The highest BCUT2D eigenvalue weighted by molar-refractivity contribution is 6.17. The van der Waals surface area contributed by atoms with Gasteiger partial charge >= 0.3 is 0 Å². The van der Waals surface area contributed by atoms with Gasteiger partial charge in [0.1, 0.15) is 0 Å². The first-order valence-corrected chi connectivity index (χ1v) is 10.0. The number of hydrogen-bond acceptors (Lipinski definition) is 1. The molecule has 2 heteroatoms. The van der Waals surface area contributed by atoms with Gasteiger partial charge in [0, 0.05) is 18.5 Å². The lowest BCUT2D eigenvalue weighted by molar-refractivity contribution is -0.126. The maximum absolute atomic E-state index is 13.6. The first-order valence-electron chi connectivity index (χ1n) is 10.0. The molecule has 0 saturated carbocycles. The van der Waals surface area contributed by atoms with Crippen molar-refractivity contribution < 1.29 is 4.79 Å². The van der Waals surface area contributed by atoms with Gasteiger partial charge in [-0.1, -0.05) is 68.0 Å². The molecular weight excluding hydrogens is 342 g/mol. The van der Waals surface area contributed by atoms with Crippen LogP contribution in [-0.2, 0) is 4.79 Å². The van der Waals surface area contributed by atoms with Crippen molar-refractivity contribution in [3.63, 3.8) is 0 Å². The smallest absolute Gasteiger partial charge is 0.237 e. The lowest BCUT2D eigenvalue weighted by Crippen LogP contribution is -2.51. The van der Waals surface area contributed by atoms with Crippen LogP contribution in [0.15, 0.2) is 61.2 Å². The number of carbonyl (C=O) groups excluding carboxylic acids is 1. The number of aryl methyl sites for hydroxylation is 1. The van der Waals surface area contributed by atoms with E-state index in [0.717, 1.165) is 12.1 Å². The fourth-order valence-corrected chi connectivity index (χ4v) is 5.53. The molecule has 0 N–H and O–H groups in total. The normalized spacial score (nSPS) is 26.0. The Kier molecular flexibility index (Phi) is 4.15. The Labute approximate surface area is 168 Å². The SMILES string of the molecule is C=CC1C(c2ccc(C)cc2)=C2c3ccccc3N(C)C(=O)C2(C)CC1(C)C. The Hall–Kier alpha value is -2.61. The fraction of sp³-hybridized carbons (Fsp3) is 0.346. The Balaban J connectivity index is 2.15. The predicted molar refractivity (Wildman–Crippen MR) is 118 cm³/mol. The van der Waals surface area contributed by atoms with Gasteiger partial charge in [-0.2, -0.15) is 0 Å². The highest BCUT2D eigenvalue weighted by atomic mass is 16.2. The molecule has 0 saturated heterocycles. The summed E-state index contributed by atoms with van der Waals surface area (Å²) in [5.41, 5.74) is 6.41. The molecule has 2 nitrogen and oxygen atoms in total. The molecule has 1 aliphatic heterocycles. The summed E-state index contributed by atoms with van der Waals surface area (Å²) in [5, 5.41) is 0. The summed E-state index contributed by atoms with van der Waals surface area (Å²) in [5.74, 6) is 0.365. The second-order valence-corrected chi connectivity index (χ2v) is 9.25. The summed E-state index contributed by atoms with van der Waals surface area (Å²) in [6.45, 7) is 13.0. The van der Waals surface area contributed by atoms with Gasteiger partial charge in [-0.25, -0.2) is 0 Å². The van der Waals surface area contributed by atoms with Crippen LogP contribution in [0, 0.1) is 23.7 Å². The van der Waals surface area contributed by atoms with E-state index in [0.29, 0.717) is 0 Å². The number of fused-ring (bicyclic) bond motifs is 3. The third-order valence-corrected chi connectivity index (χ3v) is 6.69. The van der Waals surface area contributed by atoms with Crippen LogP contribution in [0.5, 0.6) is 0 Å². The minimum Gasteiger partial charge on any atom is -0.314 e. The molecule has 1 heterocycles. The van der Waals surface area contributed by atoms with Gasteiger partial charge in [-0.05, 0) is 48.5 Å². The number of para-hydroxylation sites is 1. The van der Waals surface area contributed by atoms with Crippen molar-refractivity contribution >= 4 is 22.7 Å². The molecule has 4 rings (SSSR count). The maximum atomic E-state index is 13.6. The van der Waals surface area contributed by atoms with Gasteiger partial charge < -0.3 is 4.90 Å². The number of hydrogen-bond donors (Lipinski definition) is 0. The molecule has 2 unspecified atom stereocenters. The third kappa shape index (κ3) is 2.51. The van der Waals surface area contributed by atoms with E-state index in [1.54, 1.807) is 0 Å². The zero-order valence-corrected chi connectivity index (χ0v) is 17.5. The summed E-state index contributed by atoms with van der Waals surface area (Å²) in [6, 6.07) is 17.0. The average Bonchev–Trinajstić information content (AvgIpc) is 2.65. The van der Waals surface area contributed by atoms with Crippen molar-refractivity contribution in [2.75, 3.05) is 11.9 Å². The van der Waals surface area contributed by atoms with Crippen LogP contribution in [0.2, 0.25) is 0 Å². The lowest BCUT2D eigenvalue weighted by Gasteiger charge is -2.52. The van der Waals surface area contributed by atoms with Gasteiger partial charge in [-0.15, -0.1) is 6.58 Å². The van der Waals surface area contributed by atoms with Gasteiger partial charge in [-0.3, -0.25) is 4.79 Å². The molecule has 1 aliphatic carbocycles. The first-order chi connectivity index (χ1) is 13.2. The minimum absolute atomic E-state index is 0.0665. The Morgan fingerprint density at radius 3 is 2.36 bits per heavy atom. The van der Waals surface area contributed by atoms with E-state index in [-0.39, 0.29) is 17.2 Å². The van der Waals surface area contributed by atoms with Gasteiger partial charge in [0.15, 0.2) is 0 Å². The molecule has 28 heavy (non-hydrogen) atoms. The second kappa shape index (κ2) is 6.20. The van der Waals surface area contributed by atoms with Crippen molar-refractivity contribution in [1.29, 1.82) is 0 Å². The van der Waals surface area contributed by atoms with E-state index < -0.39 is 5.41 Å². The highest BCUT2D eigenvalue weighted by Crippen LogP contribution is 2.62. The van der Waals surface area contributed by atoms with Crippen LogP contribution in [0.25, 0.3) is 11.1 Å². The minimum atomic E-state index is -0.549. The number of carbonyl (C=O) groups is 1. The third-order valence-electron chi connectivity index (χ3n) is 6.69. The molecule has 1 amide bonds. The fourth-order valence-electron chi connectivity index (χ4n) is 5.53. The molecule has 0 fully saturated rings. The number of amides is 1. The van der Waals surface area contributed by atoms with Crippen LogP contribution < -0.4 is 4.90 Å². The Morgan fingerprint density at radius 2 is 1.71 bits per heavy atom.